The number of aliphatic hydroxyl groups is 1. The van der Waals surface area contributed by atoms with E-state index in [1.165, 1.54) is 4.90 Å². The van der Waals surface area contributed by atoms with E-state index in [9.17, 15) is 14.7 Å². The summed E-state index contributed by atoms with van der Waals surface area (Å²) in [6.07, 6.45) is 1.20. The zero-order valence-electron chi connectivity index (χ0n) is 11.0. The molecule has 1 aliphatic heterocycles. The highest BCUT2D eigenvalue weighted by molar-refractivity contribution is 5.80. The van der Waals surface area contributed by atoms with Crippen LogP contribution in [0.1, 0.15) is 26.7 Å². The molecule has 18 heavy (non-hydrogen) atoms. The van der Waals surface area contributed by atoms with E-state index in [4.69, 9.17) is 5.11 Å². The molecule has 1 atom stereocenters. The number of carboxylic acid groups (broad SMARTS) is 1. The number of piperidine rings is 1. The fourth-order valence-electron chi connectivity index (χ4n) is 2.25. The maximum atomic E-state index is 12.1. The number of carboxylic acids is 1. The first-order chi connectivity index (χ1) is 8.45. The van der Waals surface area contributed by atoms with Gasteiger partial charge in [0, 0.05) is 19.6 Å². The van der Waals surface area contributed by atoms with E-state index >= 15 is 0 Å². The highest BCUT2D eigenvalue weighted by Crippen LogP contribution is 2.21. The molecule has 0 aromatic heterocycles. The van der Waals surface area contributed by atoms with Gasteiger partial charge in [-0.05, 0) is 32.6 Å². The molecule has 2 N–H and O–H groups in total. The molecular formula is C12H22N2O4. The number of hydrogen-bond acceptors (Lipinski definition) is 3. The number of urea groups is 1. The van der Waals surface area contributed by atoms with Gasteiger partial charge in [-0.1, -0.05) is 0 Å². The molecular weight excluding hydrogens is 236 g/mol. The molecule has 1 rings (SSSR count). The maximum Gasteiger partial charge on any atom is 0.323 e. The van der Waals surface area contributed by atoms with Crippen LogP contribution >= 0.6 is 0 Å². The molecule has 0 saturated carbocycles. The van der Waals surface area contributed by atoms with Gasteiger partial charge >= 0.3 is 12.0 Å². The Kier molecular flexibility index (Phi) is 5.40. The average Bonchev–Trinajstić information content (AvgIpc) is 2.35. The zero-order chi connectivity index (χ0) is 13.7. The van der Waals surface area contributed by atoms with E-state index in [0.29, 0.717) is 19.6 Å². The second-order valence-electron chi connectivity index (χ2n) is 4.76. The highest BCUT2D eigenvalue weighted by Gasteiger charge is 2.28. The van der Waals surface area contributed by atoms with Crippen molar-refractivity contribution in [3.8, 4) is 0 Å². The van der Waals surface area contributed by atoms with Crippen molar-refractivity contribution in [3.05, 3.63) is 0 Å². The smallest absolute Gasteiger partial charge is 0.323 e. The number of aliphatic carboxylic acids is 1. The van der Waals surface area contributed by atoms with Crippen molar-refractivity contribution in [1.82, 2.24) is 9.80 Å². The Morgan fingerprint density at radius 1 is 1.39 bits per heavy atom. The number of aliphatic hydroxyl groups excluding tert-OH is 1. The van der Waals surface area contributed by atoms with Gasteiger partial charge in [0.25, 0.3) is 0 Å². The van der Waals surface area contributed by atoms with Crippen LogP contribution in [0, 0.1) is 5.92 Å². The minimum Gasteiger partial charge on any atom is -0.480 e. The summed E-state index contributed by atoms with van der Waals surface area (Å²) in [4.78, 5) is 25.7. The Hall–Kier alpha value is -1.30. The largest absolute Gasteiger partial charge is 0.480 e. The molecule has 1 saturated heterocycles. The van der Waals surface area contributed by atoms with E-state index in [2.05, 4.69) is 0 Å². The van der Waals surface area contributed by atoms with Gasteiger partial charge in [-0.2, -0.15) is 0 Å². The first kappa shape index (κ1) is 14.8. The zero-order valence-corrected chi connectivity index (χ0v) is 11.0. The molecule has 0 aromatic carbocycles. The van der Waals surface area contributed by atoms with Gasteiger partial charge in [0.15, 0.2) is 0 Å². The SMILES string of the molecule is CCN(CC(=O)O)C(=O)N1CCC(C(C)O)CC1. The van der Waals surface area contributed by atoms with Gasteiger partial charge in [0.05, 0.1) is 6.10 Å². The van der Waals surface area contributed by atoms with Crippen LogP contribution in [0.25, 0.3) is 0 Å². The van der Waals surface area contributed by atoms with Gasteiger partial charge in [0.1, 0.15) is 6.54 Å². The molecule has 104 valence electrons. The first-order valence-electron chi connectivity index (χ1n) is 6.39. The van der Waals surface area contributed by atoms with E-state index in [1.807, 2.05) is 0 Å². The highest BCUT2D eigenvalue weighted by atomic mass is 16.4. The fourth-order valence-corrected chi connectivity index (χ4v) is 2.25. The molecule has 0 aromatic rings. The van der Waals surface area contributed by atoms with E-state index < -0.39 is 5.97 Å². The van der Waals surface area contributed by atoms with Crippen molar-refractivity contribution in [3.63, 3.8) is 0 Å². The third kappa shape index (κ3) is 3.87. The topological polar surface area (TPSA) is 81.1 Å². The number of amides is 2. The lowest BCUT2D eigenvalue weighted by atomic mass is 9.92. The van der Waals surface area contributed by atoms with Crippen LogP contribution in [-0.2, 0) is 4.79 Å². The molecule has 0 radical (unpaired) electrons. The van der Waals surface area contributed by atoms with Crippen LogP contribution in [0.5, 0.6) is 0 Å². The van der Waals surface area contributed by atoms with Crippen LogP contribution in [-0.4, -0.2) is 64.3 Å². The van der Waals surface area contributed by atoms with Crippen LogP contribution in [0.4, 0.5) is 4.79 Å². The number of hydrogen-bond donors (Lipinski definition) is 2. The molecule has 1 aliphatic rings. The number of likely N-dealkylation sites (N-methyl/N-ethyl adjacent to an activating group) is 1. The lowest BCUT2D eigenvalue weighted by molar-refractivity contribution is -0.137. The van der Waals surface area contributed by atoms with Crippen molar-refractivity contribution >= 4 is 12.0 Å². The van der Waals surface area contributed by atoms with Crippen molar-refractivity contribution in [2.75, 3.05) is 26.2 Å². The number of carbonyl (C=O) groups excluding carboxylic acids is 1. The van der Waals surface area contributed by atoms with Crippen LogP contribution in [0.15, 0.2) is 0 Å². The summed E-state index contributed by atoms with van der Waals surface area (Å²) < 4.78 is 0. The van der Waals surface area contributed by atoms with Gasteiger partial charge < -0.3 is 20.0 Å². The third-order valence-corrected chi connectivity index (χ3v) is 3.47. The van der Waals surface area contributed by atoms with Crippen LogP contribution in [0.3, 0.4) is 0 Å². The normalized spacial score (nSPS) is 18.5. The standard InChI is InChI=1S/C12H22N2O4/c1-3-13(8-11(16)17)12(18)14-6-4-10(5-7-14)9(2)15/h9-10,15H,3-8H2,1-2H3,(H,16,17). The second kappa shape index (κ2) is 6.58. The predicted molar refractivity (Wildman–Crippen MR) is 66.3 cm³/mol. The van der Waals surface area contributed by atoms with Crippen molar-refractivity contribution in [2.24, 2.45) is 5.92 Å². The van der Waals surface area contributed by atoms with E-state index in [0.717, 1.165) is 12.8 Å². The predicted octanol–water partition coefficient (Wildman–Crippen LogP) is 0.606. The van der Waals surface area contributed by atoms with Crippen LogP contribution < -0.4 is 0 Å². The van der Waals surface area contributed by atoms with Crippen molar-refractivity contribution in [2.45, 2.75) is 32.8 Å². The van der Waals surface area contributed by atoms with Gasteiger partial charge in [-0.25, -0.2) is 4.79 Å². The summed E-state index contributed by atoms with van der Waals surface area (Å²) in [5, 5.41) is 18.2. The number of rotatable bonds is 4. The van der Waals surface area contributed by atoms with Crippen molar-refractivity contribution in [1.29, 1.82) is 0 Å². The Morgan fingerprint density at radius 2 is 1.94 bits per heavy atom. The number of likely N-dealkylation sites (tertiary alicyclic amines) is 1. The van der Waals surface area contributed by atoms with Crippen LogP contribution in [0.2, 0.25) is 0 Å². The second-order valence-corrected chi connectivity index (χ2v) is 4.76. The summed E-state index contributed by atoms with van der Waals surface area (Å²) in [5.41, 5.74) is 0. The van der Waals surface area contributed by atoms with Crippen molar-refractivity contribution < 1.29 is 19.8 Å². The number of carbonyl (C=O) groups is 2. The molecule has 6 heteroatoms. The Morgan fingerprint density at radius 3 is 2.33 bits per heavy atom. The average molecular weight is 258 g/mol. The Balaban J connectivity index is 2.50. The maximum absolute atomic E-state index is 12.1. The Labute approximate surface area is 107 Å². The fraction of sp³-hybridized carbons (Fsp3) is 0.833. The summed E-state index contributed by atoms with van der Waals surface area (Å²) in [7, 11) is 0. The quantitative estimate of drug-likeness (QED) is 0.774. The molecule has 0 aliphatic carbocycles. The monoisotopic (exact) mass is 258 g/mol. The molecule has 2 amide bonds. The lowest BCUT2D eigenvalue weighted by Crippen LogP contribution is -2.49. The minimum absolute atomic E-state index is 0.219. The lowest BCUT2D eigenvalue weighted by Gasteiger charge is -2.35. The summed E-state index contributed by atoms with van der Waals surface area (Å²) in [6.45, 7) is 4.84. The summed E-state index contributed by atoms with van der Waals surface area (Å²) in [6, 6.07) is -0.219. The molecule has 1 fully saturated rings. The molecule has 0 bridgehead atoms. The third-order valence-electron chi connectivity index (χ3n) is 3.47. The van der Waals surface area contributed by atoms with E-state index in [-0.39, 0.29) is 24.6 Å². The Bertz CT molecular complexity index is 298. The molecule has 6 nitrogen and oxygen atoms in total. The summed E-state index contributed by atoms with van der Waals surface area (Å²) in [5.74, 6) is -0.757. The first-order valence-corrected chi connectivity index (χ1v) is 6.39. The molecule has 1 heterocycles. The van der Waals surface area contributed by atoms with Gasteiger partial charge in [0.2, 0.25) is 0 Å². The summed E-state index contributed by atoms with van der Waals surface area (Å²) >= 11 is 0. The van der Waals surface area contributed by atoms with Gasteiger partial charge in [-0.3, -0.25) is 4.79 Å². The minimum atomic E-state index is -0.996. The molecule has 0 spiro atoms. The van der Waals surface area contributed by atoms with E-state index in [1.54, 1.807) is 18.7 Å². The number of nitrogens with zero attached hydrogens (tertiary/aromatic N) is 2. The molecule has 1 unspecified atom stereocenters. The van der Waals surface area contributed by atoms with Gasteiger partial charge in [-0.15, -0.1) is 0 Å².